The van der Waals surface area contributed by atoms with Gasteiger partial charge in [0.15, 0.2) is 0 Å². The molecule has 6 fully saturated rings. The van der Waals surface area contributed by atoms with E-state index >= 15 is 0 Å². The van der Waals surface area contributed by atoms with Gasteiger partial charge in [-0.05, 0) is 152 Å². The molecule has 1 aromatic heterocycles. The zero-order valence-corrected chi connectivity index (χ0v) is 29.2. The van der Waals surface area contributed by atoms with Crippen LogP contribution in [0.4, 0.5) is 0 Å². The molecule has 0 amide bonds. The first-order valence-corrected chi connectivity index (χ1v) is 17.1. The Hall–Kier alpha value is -1.00. The van der Waals surface area contributed by atoms with E-state index in [0.717, 1.165) is 13.1 Å². The molecule has 0 unspecified atom stereocenters. The normalized spacial score (nSPS) is 23.1. The fraction of sp³-hybridized carbons (Fsp3) is 0.882. The summed E-state index contributed by atoms with van der Waals surface area (Å²) in [7, 11) is 15.0. The van der Waals surface area contributed by atoms with Crippen LogP contribution in [0.2, 0.25) is 0 Å². The number of likely N-dealkylation sites (N-methyl/N-ethyl adjacent to an activating group) is 2. The van der Waals surface area contributed by atoms with Crippen LogP contribution < -0.4 is 5.32 Å². The second kappa shape index (κ2) is 26.4. The number of aromatic nitrogens is 1. The van der Waals surface area contributed by atoms with Gasteiger partial charge in [0.25, 0.3) is 0 Å². The van der Waals surface area contributed by atoms with E-state index in [2.05, 4.69) is 77.0 Å². The summed E-state index contributed by atoms with van der Waals surface area (Å²) in [5, 5.41) is 3.27. The van der Waals surface area contributed by atoms with E-state index < -0.39 is 0 Å². The maximum Gasteiger partial charge on any atom is 0.0107 e. The van der Waals surface area contributed by atoms with Gasteiger partial charge in [0.05, 0.1) is 0 Å². The molecule has 6 aliphatic rings. The Kier molecular flexibility index (Phi) is 24.5. The predicted octanol–water partition coefficient (Wildman–Crippen LogP) is 3.72. The van der Waals surface area contributed by atoms with Crippen LogP contribution in [0, 0.1) is 0 Å². The topological polar surface area (TPSA) is 36.2 Å². The molecule has 6 saturated heterocycles. The van der Waals surface area contributed by atoms with Gasteiger partial charge in [0.2, 0.25) is 0 Å². The molecule has 248 valence electrons. The zero-order chi connectivity index (χ0) is 30.8. The van der Waals surface area contributed by atoms with Gasteiger partial charge in [0.1, 0.15) is 0 Å². The number of aryl methyl sites for hydroxylation is 1. The molecular formula is C34H72N8. The molecule has 7 rings (SSSR count). The number of piperidine rings is 2. The molecule has 8 nitrogen and oxygen atoms in total. The van der Waals surface area contributed by atoms with Crippen LogP contribution in [0.3, 0.4) is 0 Å². The third-order valence-electron chi connectivity index (χ3n) is 8.33. The molecule has 1 aromatic rings. The van der Waals surface area contributed by atoms with E-state index in [1.807, 2.05) is 36.1 Å². The molecule has 0 atom stereocenters. The third-order valence-corrected chi connectivity index (χ3v) is 8.33. The zero-order valence-electron chi connectivity index (χ0n) is 29.2. The van der Waals surface area contributed by atoms with Crippen molar-refractivity contribution in [1.82, 2.24) is 39.3 Å². The molecular weight excluding hydrogens is 520 g/mol. The van der Waals surface area contributed by atoms with E-state index in [-0.39, 0.29) is 0 Å². The lowest BCUT2D eigenvalue weighted by Gasteiger charge is -2.24. The molecule has 0 aliphatic carbocycles. The molecule has 1 N–H and O–H groups in total. The van der Waals surface area contributed by atoms with Crippen LogP contribution in [-0.2, 0) is 7.05 Å². The minimum absolute atomic E-state index is 1.16. The summed E-state index contributed by atoms with van der Waals surface area (Å²) in [6, 6.07) is 4.00. The average Bonchev–Trinajstić information content (AvgIpc) is 3.36. The van der Waals surface area contributed by atoms with Crippen LogP contribution >= 0.6 is 0 Å². The molecule has 0 bridgehead atoms. The van der Waals surface area contributed by atoms with Crippen LogP contribution in [0.5, 0.6) is 0 Å². The molecule has 7 heterocycles. The average molecular weight is 593 g/mol. The summed E-state index contributed by atoms with van der Waals surface area (Å²) < 4.78 is 2.00. The second-order valence-corrected chi connectivity index (χ2v) is 13.1. The first-order chi connectivity index (χ1) is 20.3. The van der Waals surface area contributed by atoms with Crippen molar-refractivity contribution in [2.24, 2.45) is 7.05 Å². The fourth-order valence-electron chi connectivity index (χ4n) is 4.75. The van der Waals surface area contributed by atoms with Crippen LogP contribution in [0.25, 0.3) is 0 Å². The van der Waals surface area contributed by atoms with Gasteiger partial charge >= 0.3 is 0 Å². The van der Waals surface area contributed by atoms with Crippen molar-refractivity contribution in [3.8, 4) is 0 Å². The Balaban J connectivity index is 0.000000246. The van der Waals surface area contributed by atoms with Gasteiger partial charge in [-0.3, -0.25) is 0 Å². The number of nitrogens with zero attached hydrogens (tertiary/aromatic N) is 7. The smallest absolute Gasteiger partial charge is 0.0107 e. The lowest BCUT2D eigenvalue weighted by molar-refractivity contribution is 0.229. The second-order valence-electron chi connectivity index (χ2n) is 13.1. The van der Waals surface area contributed by atoms with Crippen molar-refractivity contribution in [3.63, 3.8) is 0 Å². The van der Waals surface area contributed by atoms with Crippen molar-refractivity contribution in [1.29, 1.82) is 0 Å². The molecule has 0 aromatic carbocycles. The van der Waals surface area contributed by atoms with E-state index in [1.54, 1.807) is 0 Å². The standard InChI is InChI=1S/2C6H13N.C5H12N2.C5H11N.C5H7N.C4H9N.C3H7N/c2*1-7-5-3-2-4-6-7;1-7-4-2-6-3-5-7;2*1-6-4-2-3-5-6;1-5-3-2-4-5;1-4-2-3-4/h2*2-6H2,1H3;6H,2-5H2,1H3;2-5H2,1H3;2-5H,1H3;2-4H2,1H3;2-3H2,1H3. The molecule has 0 saturated carbocycles. The highest BCUT2D eigenvalue weighted by Crippen LogP contribution is 2.05. The Morgan fingerprint density at radius 2 is 0.595 bits per heavy atom. The lowest BCUT2D eigenvalue weighted by Crippen LogP contribution is -2.40. The number of nitrogens with one attached hydrogen (secondary N) is 1. The van der Waals surface area contributed by atoms with Crippen molar-refractivity contribution in [2.45, 2.75) is 57.8 Å². The van der Waals surface area contributed by atoms with Crippen molar-refractivity contribution in [2.75, 3.05) is 134 Å². The summed E-state index contributed by atoms with van der Waals surface area (Å²) in [4.78, 5) is 14.0. The van der Waals surface area contributed by atoms with Crippen LogP contribution in [0.15, 0.2) is 24.5 Å². The monoisotopic (exact) mass is 593 g/mol. The first kappa shape index (κ1) is 39.0. The number of rotatable bonds is 0. The van der Waals surface area contributed by atoms with E-state index in [4.69, 9.17) is 0 Å². The summed E-state index contributed by atoms with van der Waals surface area (Å²) in [6.07, 6.45) is 16.8. The molecule has 0 spiro atoms. The molecule has 6 aliphatic heterocycles. The van der Waals surface area contributed by atoms with Gasteiger partial charge in [-0.1, -0.05) is 12.8 Å². The van der Waals surface area contributed by atoms with Gasteiger partial charge in [-0.2, -0.15) is 0 Å². The lowest BCUT2D eigenvalue weighted by atomic mass is 10.1. The summed E-state index contributed by atoms with van der Waals surface area (Å²) >= 11 is 0. The SMILES string of the molecule is CN1CC1.CN1CCC1.CN1CCCC1.CN1CCCCC1.CN1CCCCC1.CN1CCNCC1.Cn1cccc1. The van der Waals surface area contributed by atoms with Gasteiger partial charge in [-0.15, -0.1) is 0 Å². The highest BCUT2D eigenvalue weighted by molar-refractivity contribution is 4.88. The van der Waals surface area contributed by atoms with Gasteiger partial charge in [-0.25, -0.2) is 0 Å². The Bertz CT molecular complexity index is 615. The largest absolute Gasteiger partial charge is 0.357 e. The number of hydrogen-bond donors (Lipinski definition) is 1. The summed E-state index contributed by atoms with van der Waals surface area (Å²) in [5.41, 5.74) is 0. The Morgan fingerprint density at radius 1 is 0.333 bits per heavy atom. The van der Waals surface area contributed by atoms with E-state index in [1.165, 1.54) is 136 Å². The highest BCUT2D eigenvalue weighted by atomic mass is 15.2. The van der Waals surface area contributed by atoms with Crippen molar-refractivity contribution < 1.29 is 0 Å². The maximum atomic E-state index is 3.27. The summed E-state index contributed by atoms with van der Waals surface area (Å²) in [6.45, 7) is 17.9. The number of likely N-dealkylation sites (tertiary alicyclic amines) is 4. The van der Waals surface area contributed by atoms with Crippen molar-refractivity contribution >= 4 is 0 Å². The number of piperazine rings is 1. The predicted molar refractivity (Wildman–Crippen MR) is 185 cm³/mol. The molecule has 8 heteroatoms. The highest BCUT2D eigenvalue weighted by Gasteiger charge is 2.07. The first-order valence-electron chi connectivity index (χ1n) is 17.1. The van der Waals surface area contributed by atoms with Crippen LogP contribution in [-0.4, -0.2) is 168 Å². The minimum Gasteiger partial charge on any atom is -0.357 e. The Morgan fingerprint density at radius 3 is 0.714 bits per heavy atom. The Labute approximate surface area is 262 Å². The van der Waals surface area contributed by atoms with Gasteiger partial charge < -0.3 is 39.3 Å². The van der Waals surface area contributed by atoms with Gasteiger partial charge in [0, 0.05) is 58.7 Å². The van der Waals surface area contributed by atoms with E-state index in [0.29, 0.717) is 0 Å². The fourth-order valence-corrected chi connectivity index (χ4v) is 4.75. The minimum atomic E-state index is 1.16. The molecule has 0 radical (unpaired) electrons. The van der Waals surface area contributed by atoms with E-state index in [9.17, 15) is 0 Å². The van der Waals surface area contributed by atoms with Crippen molar-refractivity contribution in [3.05, 3.63) is 24.5 Å². The van der Waals surface area contributed by atoms with Crippen LogP contribution in [0.1, 0.15) is 57.8 Å². The summed E-state index contributed by atoms with van der Waals surface area (Å²) in [5.74, 6) is 0. The number of hydrogen-bond acceptors (Lipinski definition) is 7. The maximum absolute atomic E-state index is 3.27. The third kappa shape index (κ3) is 26.6. The quantitative estimate of drug-likeness (QED) is 0.461. The molecule has 42 heavy (non-hydrogen) atoms.